The lowest BCUT2D eigenvalue weighted by atomic mass is 10.2. The fourth-order valence-electron chi connectivity index (χ4n) is 3.65. The van der Waals surface area contributed by atoms with E-state index in [1.165, 1.54) is 0 Å². The van der Waals surface area contributed by atoms with E-state index < -0.39 is 9.84 Å². The molecule has 1 fully saturated rings. The van der Waals surface area contributed by atoms with Crippen LogP contribution in [0, 0.1) is 6.92 Å². The maximum Gasteiger partial charge on any atom is 0.222 e. The SMILES string of the molecule is CN=C(NCCCn1c(C)nc2ccccc21)NCCC(=O)NC1CCS(=O)(=O)C1.I. The van der Waals surface area contributed by atoms with E-state index in [1.54, 1.807) is 7.05 Å². The van der Waals surface area contributed by atoms with Crippen LogP contribution in [0.4, 0.5) is 0 Å². The van der Waals surface area contributed by atoms with Gasteiger partial charge in [0.05, 0.1) is 22.5 Å². The number of para-hydroxylation sites is 2. The molecule has 1 unspecified atom stereocenters. The van der Waals surface area contributed by atoms with E-state index >= 15 is 0 Å². The van der Waals surface area contributed by atoms with Crippen LogP contribution in [0.2, 0.25) is 0 Å². The van der Waals surface area contributed by atoms with Gasteiger partial charge in [0, 0.05) is 39.1 Å². The molecule has 1 amide bonds. The molecular weight excluding hydrogens is 531 g/mol. The number of amides is 1. The smallest absolute Gasteiger partial charge is 0.222 e. The number of nitrogens with one attached hydrogen (secondary N) is 3. The molecule has 172 valence electrons. The molecule has 3 N–H and O–H groups in total. The van der Waals surface area contributed by atoms with E-state index in [1.807, 2.05) is 25.1 Å². The molecule has 11 heteroatoms. The Labute approximate surface area is 200 Å². The van der Waals surface area contributed by atoms with Crippen LogP contribution in [0.3, 0.4) is 0 Å². The van der Waals surface area contributed by atoms with Crippen LogP contribution in [-0.4, -0.2) is 67.5 Å². The summed E-state index contributed by atoms with van der Waals surface area (Å²) in [6.07, 6.45) is 1.66. The van der Waals surface area contributed by atoms with Crippen LogP contribution in [0.1, 0.15) is 25.1 Å². The molecule has 9 nitrogen and oxygen atoms in total. The molecule has 0 saturated carbocycles. The number of aliphatic imine (C=N–C) groups is 1. The number of benzene rings is 1. The van der Waals surface area contributed by atoms with E-state index in [4.69, 9.17) is 0 Å². The summed E-state index contributed by atoms with van der Waals surface area (Å²) in [5.41, 5.74) is 2.15. The van der Waals surface area contributed by atoms with Gasteiger partial charge in [-0.2, -0.15) is 0 Å². The fourth-order valence-corrected chi connectivity index (χ4v) is 5.32. The number of aromatic nitrogens is 2. The molecule has 0 bridgehead atoms. The van der Waals surface area contributed by atoms with Crippen molar-refractivity contribution in [2.45, 2.75) is 38.8 Å². The third kappa shape index (κ3) is 7.34. The zero-order chi connectivity index (χ0) is 21.6. The van der Waals surface area contributed by atoms with Crippen molar-refractivity contribution in [3.05, 3.63) is 30.1 Å². The topological polar surface area (TPSA) is 117 Å². The molecule has 3 rings (SSSR count). The zero-order valence-corrected chi connectivity index (χ0v) is 21.1. The third-order valence-corrected chi connectivity index (χ3v) is 6.93. The molecule has 2 heterocycles. The van der Waals surface area contributed by atoms with Crippen molar-refractivity contribution < 1.29 is 13.2 Å². The number of imidazole rings is 1. The lowest BCUT2D eigenvalue weighted by Gasteiger charge is -2.14. The molecule has 0 spiro atoms. The first-order valence-corrected chi connectivity index (χ1v) is 12.1. The van der Waals surface area contributed by atoms with Crippen molar-refractivity contribution in [2.24, 2.45) is 4.99 Å². The Bertz CT molecular complexity index is 1020. The molecule has 1 saturated heterocycles. The van der Waals surface area contributed by atoms with Crippen molar-refractivity contribution in [2.75, 3.05) is 31.6 Å². The maximum atomic E-state index is 12.0. The number of hydrogen-bond donors (Lipinski definition) is 3. The van der Waals surface area contributed by atoms with Crippen molar-refractivity contribution >= 4 is 56.7 Å². The molecular formula is C20H31IN6O3S. The van der Waals surface area contributed by atoms with Gasteiger partial charge in [-0.25, -0.2) is 13.4 Å². The fraction of sp³-hybridized carbons (Fsp3) is 0.550. The summed E-state index contributed by atoms with van der Waals surface area (Å²) in [5, 5.41) is 9.15. The van der Waals surface area contributed by atoms with Crippen LogP contribution in [-0.2, 0) is 21.2 Å². The second kappa shape index (κ2) is 11.7. The highest BCUT2D eigenvalue weighted by Crippen LogP contribution is 2.15. The predicted molar refractivity (Wildman–Crippen MR) is 134 cm³/mol. The predicted octanol–water partition coefficient (Wildman–Crippen LogP) is 1.21. The van der Waals surface area contributed by atoms with E-state index in [-0.39, 0.29) is 53.9 Å². The minimum absolute atomic E-state index is 0. The Morgan fingerprint density at radius 3 is 2.71 bits per heavy atom. The van der Waals surface area contributed by atoms with Crippen molar-refractivity contribution in [1.82, 2.24) is 25.5 Å². The highest BCUT2D eigenvalue weighted by atomic mass is 127. The number of aryl methyl sites for hydroxylation is 2. The molecule has 1 atom stereocenters. The van der Waals surface area contributed by atoms with Gasteiger partial charge in [-0.15, -0.1) is 24.0 Å². The van der Waals surface area contributed by atoms with E-state index in [2.05, 4.69) is 36.6 Å². The number of guanidine groups is 1. The second-order valence-electron chi connectivity index (χ2n) is 7.50. The standard InChI is InChI=1S/C20H30N6O3S.HI/c1-15-24-17-6-3-4-7-18(17)26(15)12-5-10-22-20(21-2)23-11-8-19(27)25-16-9-13-30(28,29)14-16;/h3-4,6-7,16H,5,8-14H2,1-2H3,(H,25,27)(H2,21,22,23);1H. The molecule has 1 aliphatic heterocycles. The van der Waals surface area contributed by atoms with Gasteiger partial charge in [0.1, 0.15) is 5.82 Å². The molecule has 2 aromatic rings. The highest BCUT2D eigenvalue weighted by molar-refractivity contribution is 14.0. The largest absolute Gasteiger partial charge is 0.356 e. The van der Waals surface area contributed by atoms with Gasteiger partial charge in [-0.05, 0) is 31.9 Å². The van der Waals surface area contributed by atoms with Crippen molar-refractivity contribution in [3.8, 4) is 0 Å². The molecule has 1 aromatic heterocycles. The molecule has 1 aromatic carbocycles. The Morgan fingerprint density at radius 2 is 2.00 bits per heavy atom. The Kier molecular flexibility index (Phi) is 9.54. The zero-order valence-electron chi connectivity index (χ0n) is 17.9. The maximum absolute atomic E-state index is 12.0. The lowest BCUT2D eigenvalue weighted by molar-refractivity contribution is -0.121. The summed E-state index contributed by atoms with van der Waals surface area (Å²) < 4.78 is 25.1. The Hall–Kier alpha value is -1.89. The normalized spacial score (nSPS) is 17.9. The number of carbonyl (C=O) groups is 1. The number of fused-ring (bicyclic) bond motifs is 1. The number of sulfone groups is 1. The minimum atomic E-state index is -2.99. The summed E-state index contributed by atoms with van der Waals surface area (Å²) in [7, 11) is -1.30. The number of rotatable bonds is 8. The summed E-state index contributed by atoms with van der Waals surface area (Å²) >= 11 is 0. The van der Waals surface area contributed by atoms with Crippen molar-refractivity contribution in [3.63, 3.8) is 0 Å². The quantitative estimate of drug-likeness (QED) is 0.193. The summed E-state index contributed by atoms with van der Waals surface area (Å²) in [6.45, 7) is 4.02. The molecule has 31 heavy (non-hydrogen) atoms. The minimum Gasteiger partial charge on any atom is -0.356 e. The van der Waals surface area contributed by atoms with E-state index in [9.17, 15) is 13.2 Å². The van der Waals surface area contributed by atoms with Gasteiger partial charge in [-0.1, -0.05) is 12.1 Å². The summed E-state index contributed by atoms with van der Waals surface area (Å²) in [6, 6.07) is 7.85. The molecule has 0 aliphatic carbocycles. The van der Waals surface area contributed by atoms with Gasteiger partial charge in [0.25, 0.3) is 0 Å². The van der Waals surface area contributed by atoms with Gasteiger partial charge in [-0.3, -0.25) is 9.79 Å². The lowest BCUT2D eigenvalue weighted by Crippen LogP contribution is -2.41. The number of halogens is 1. The van der Waals surface area contributed by atoms with Crippen LogP contribution >= 0.6 is 24.0 Å². The monoisotopic (exact) mass is 562 g/mol. The summed E-state index contributed by atoms with van der Waals surface area (Å²) in [5.74, 6) is 1.68. The summed E-state index contributed by atoms with van der Waals surface area (Å²) in [4.78, 5) is 20.7. The first kappa shape index (κ1) is 25.4. The third-order valence-electron chi connectivity index (χ3n) is 5.16. The van der Waals surface area contributed by atoms with Crippen LogP contribution in [0.25, 0.3) is 11.0 Å². The number of nitrogens with zero attached hydrogens (tertiary/aromatic N) is 3. The second-order valence-corrected chi connectivity index (χ2v) is 9.72. The van der Waals surface area contributed by atoms with Gasteiger partial charge < -0.3 is 20.5 Å². The van der Waals surface area contributed by atoms with Crippen LogP contribution in [0.5, 0.6) is 0 Å². The van der Waals surface area contributed by atoms with E-state index in [0.717, 1.165) is 36.4 Å². The molecule has 1 aliphatic rings. The Balaban J connectivity index is 0.00000341. The van der Waals surface area contributed by atoms with Crippen molar-refractivity contribution in [1.29, 1.82) is 0 Å². The first-order chi connectivity index (χ1) is 14.4. The first-order valence-electron chi connectivity index (χ1n) is 10.2. The average molecular weight is 562 g/mol. The van der Waals surface area contributed by atoms with E-state index in [0.29, 0.717) is 18.9 Å². The number of hydrogen-bond acceptors (Lipinski definition) is 5. The van der Waals surface area contributed by atoms with Gasteiger partial charge in [0.15, 0.2) is 15.8 Å². The molecule has 0 radical (unpaired) electrons. The van der Waals surface area contributed by atoms with Gasteiger partial charge in [0.2, 0.25) is 5.91 Å². The highest BCUT2D eigenvalue weighted by Gasteiger charge is 2.28. The van der Waals surface area contributed by atoms with Crippen LogP contribution < -0.4 is 16.0 Å². The number of carbonyl (C=O) groups excluding carboxylic acids is 1. The Morgan fingerprint density at radius 1 is 1.26 bits per heavy atom. The van der Waals surface area contributed by atoms with Gasteiger partial charge >= 0.3 is 0 Å². The average Bonchev–Trinajstić information content (AvgIpc) is 3.21. The van der Waals surface area contributed by atoms with Crippen LogP contribution in [0.15, 0.2) is 29.3 Å².